The summed E-state index contributed by atoms with van der Waals surface area (Å²) >= 11 is 0. The molecule has 29 heavy (non-hydrogen) atoms. The van der Waals surface area contributed by atoms with Crippen LogP contribution in [-0.2, 0) is 35.4 Å². The number of hydrogen-bond acceptors (Lipinski definition) is 6. The molecule has 0 aromatic carbocycles. The number of rotatable bonds is 5. The lowest BCUT2D eigenvalue weighted by Crippen LogP contribution is -2.41. The van der Waals surface area contributed by atoms with Crippen LogP contribution in [0.5, 0.6) is 0 Å². The SMILES string of the molecule is CN1C(=O)C(CC(=O)N2CCc3oc(CCc4cccnc4)nc3C2)N(C)C1=O. The molecular weight excluding hydrogens is 374 g/mol. The average Bonchev–Trinajstić information content (AvgIpc) is 3.23. The Bertz CT molecular complexity index is 942. The van der Waals surface area contributed by atoms with E-state index in [0.29, 0.717) is 31.8 Å². The van der Waals surface area contributed by atoms with Crippen molar-refractivity contribution >= 4 is 17.8 Å². The maximum Gasteiger partial charge on any atom is 0.326 e. The van der Waals surface area contributed by atoms with Crippen LogP contribution in [0.4, 0.5) is 4.79 Å². The Morgan fingerprint density at radius 2 is 2.10 bits per heavy atom. The minimum Gasteiger partial charge on any atom is -0.445 e. The predicted molar refractivity (Wildman–Crippen MR) is 102 cm³/mol. The van der Waals surface area contributed by atoms with E-state index in [0.717, 1.165) is 28.3 Å². The van der Waals surface area contributed by atoms with E-state index in [4.69, 9.17) is 4.42 Å². The van der Waals surface area contributed by atoms with Gasteiger partial charge in [-0.15, -0.1) is 0 Å². The van der Waals surface area contributed by atoms with E-state index in [2.05, 4.69) is 9.97 Å². The van der Waals surface area contributed by atoms with Crippen LogP contribution in [0.3, 0.4) is 0 Å². The summed E-state index contributed by atoms with van der Waals surface area (Å²) in [4.78, 5) is 49.6. The van der Waals surface area contributed by atoms with Gasteiger partial charge in [-0.25, -0.2) is 9.78 Å². The second-order valence-electron chi connectivity index (χ2n) is 7.41. The number of fused-ring (bicyclic) bond motifs is 1. The number of hydrogen-bond donors (Lipinski definition) is 0. The Hall–Kier alpha value is -3.23. The van der Waals surface area contributed by atoms with Gasteiger partial charge >= 0.3 is 6.03 Å². The van der Waals surface area contributed by atoms with Crippen molar-refractivity contribution in [1.82, 2.24) is 24.7 Å². The molecule has 4 rings (SSSR count). The molecule has 2 aliphatic heterocycles. The first-order valence-electron chi connectivity index (χ1n) is 9.62. The van der Waals surface area contributed by atoms with E-state index >= 15 is 0 Å². The van der Waals surface area contributed by atoms with Crippen molar-refractivity contribution < 1.29 is 18.8 Å². The summed E-state index contributed by atoms with van der Waals surface area (Å²) in [6.07, 6.45) is 5.59. The zero-order chi connectivity index (χ0) is 20.5. The predicted octanol–water partition coefficient (Wildman–Crippen LogP) is 1.02. The fourth-order valence-electron chi connectivity index (χ4n) is 3.74. The van der Waals surface area contributed by atoms with E-state index < -0.39 is 6.04 Å². The molecule has 0 bridgehead atoms. The minimum absolute atomic E-state index is 0.0214. The molecule has 2 aliphatic rings. The van der Waals surface area contributed by atoms with Gasteiger partial charge < -0.3 is 14.2 Å². The van der Waals surface area contributed by atoms with Gasteiger partial charge in [-0.2, -0.15) is 0 Å². The Labute approximate surface area is 168 Å². The van der Waals surface area contributed by atoms with Gasteiger partial charge in [0.2, 0.25) is 5.91 Å². The lowest BCUT2D eigenvalue weighted by molar-refractivity contribution is -0.137. The molecule has 9 nitrogen and oxygen atoms in total. The van der Waals surface area contributed by atoms with Crippen molar-refractivity contribution in [2.24, 2.45) is 0 Å². The second-order valence-corrected chi connectivity index (χ2v) is 7.41. The maximum absolute atomic E-state index is 12.7. The zero-order valence-corrected chi connectivity index (χ0v) is 16.5. The first-order chi connectivity index (χ1) is 13.9. The lowest BCUT2D eigenvalue weighted by atomic mass is 10.1. The molecule has 0 N–H and O–H groups in total. The molecular formula is C20H23N5O4. The number of amides is 4. The molecule has 0 aliphatic carbocycles. The highest BCUT2D eigenvalue weighted by Gasteiger charge is 2.42. The van der Waals surface area contributed by atoms with Crippen LogP contribution >= 0.6 is 0 Å². The minimum atomic E-state index is -0.742. The second kappa shape index (κ2) is 7.65. The Balaban J connectivity index is 1.37. The Morgan fingerprint density at radius 3 is 2.79 bits per heavy atom. The number of carbonyl (C=O) groups excluding carboxylic acids is 3. The standard InChI is InChI=1S/C20H23N5O4/c1-23-15(19(27)24(2)20(23)28)10-18(26)25-9-7-16-14(12-25)22-17(29-16)6-5-13-4-3-8-21-11-13/h3-4,8,11,15H,5-7,9-10,12H2,1-2H3. The molecule has 0 saturated carbocycles. The van der Waals surface area contributed by atoms with Gasteiger partial charge in [0.1, 0.15) is 17.5 Å². The Morgan fingerprint density at radius 1 is 1.28 bits per heavy atom. The van der Waals surface area contributed by atoms with Gasteiger partial charge in [0.25, 0.3) is 5.91 Å². The van der Waals surface area contributed by atoms with E-state index in [-0.39, 0.29) is 24.3 Å². The fraction of sp³-hybridized carbons (Fsp3) is 0.450. The number of pyridine rings is 1. The third kappa shape index (κ3) is 3.72. The van der Waals surface area contributed by atoms with Crippen molar-refractivity contribution in [1.29, 1.82) is 0 Å². The lowest BCUT2D eigenvalue weighted by Gasteiger charge is -2.27. The summed E-state index contributed by atoms with van der Waals surface area (Å²) in [6.45, 7) is 0.871. The van der Waals surface area contributed by atoms with E-state index in [1.165, 1.54) is 11.9 Å². The van der Waals surface area contributed by atoms with Crippen LogP contribution in [-0.4, -0.2) is 69.2 Å². The number of aryl methyl sites for hydroxylation is 2. The van der Waals surface area contributed by atoms with Gasteiger partial charge in [0, 0.05) is 45.9 Å². The fourth-order valence-corrected chi connectivity index (χ4v) is 3.74. The molecule has 1 unspecified atom stereocenters. The highest BCUT2D eigenvalue weighted by molar-refractivity contribution is 6.05. The van der Waals surface area contributed by atoms with Gasteiger partial charge in [0.05, 0.1) is 13.0 Å². The van der Waals surface area contributed by atoms with Gasteiger partial charge in [0.15, 0.2) is 5.89 Å². The first kappa shape index (κ1) is 19.1. The van der Waals surface area contributed by atoms with Gasteiger partial charge in [-0.1, -0.05) is 6.07 Å². The molecule has 0 radical (unpaired) electrons. The molecule has 1 fully saturated rings. The van der Waals surface area contributed by atoms with Crippen LogP contribution in [0.15, 0.2) is 28.9 Å². The number of urea groups is 1. The smallest absolute Gasteiger partial charge is 0.326 e. The molecule has 9 heteroatoms. The molecule has 152 valence electrons. The van der Waals surface area contributed by atoms with Crippen molar-refractivity contribution in [3.8, 4) is 0 Å². The maximum atomic E-state index is 12.7. The quantitative estimate of drug-likeness (QED) is 0.699. The van der Waals surface area contributed by atoms with Crippen LogP contribution in [0.2, 0.25) is 0 Å². The molecule has 0 spiro atoms. The number of nitrogens with zero attached hydrogens (tertiary/aromatic N) is 5. The number of carbonyl (C=O) groups is 3. The number of oxazole rings is 1. The summed E-state index contributed by atoms with van der Waals surface area (Å²) < 4.78 is 5.87. The summed E-state index contributed by atoms with van der Waals surface area (Å²) in [6, 6.07) is 2.79. The number of aromatic nitrogens is 2. The monoisotopic (exact) mass is 397 g/mol. The van der Waals surface area contributed by atoms with Gasteiger partial charge in [-0.3, -0.25) is 19.5 Å². The normalized spacial score (nSPS) is 19.1. The third-order valence-electron chi connectivity index (χ3n) is 5.51. The van der Waals surface area contributed by atoms with Crippen molar-refractivity contribution in [2.75, 3.05) is 20.6 Å². The first-order valence-corrected chi connectivity index (χ1v) is 9.62. The van der Waals surface area contributed by atoms with Crippen molar-refractivity contribution in [3.63, 3.8) is 0 Å². The molecule has 4 amide bonds. The molecule has 4 heterocycles. The van der Waals surface area contributed by atoms with E-state index in [9.17, 15) is 14.4 Å². The molecule has 1 atom stereocenters. The summed E-state index contributed by atoms with van der Waals surface area (Å²) in [7, 11) is 2.98. The van der Waals surface area contributed by atoms with Gasteiger partial charge in [-0.05, 0) is 18.1 Å². The molecule has 2 aromatic heterocycles. The van der Waals surface area contributed by atoms with Crippen molar-refractivity contribution in [3.05, 3.63) is 47.4 Å². The van der Waals surface area contributed by atoms with E-state index in [1.807, 2.05) is 18.3 Å². The number of likely N-dealkylation sites (N-methyl/N-ethyl adjacent to an activating group) is 2. The topological polar surface area (TPSA) is 99.8 Å². The largest absolute Gasteiger partial charge is 0.445 e. The summed E-state index contributed by atoms with van der Waals surface area (Å²) in [5.74, 6) is 0.969. The van der Waals surface area contributed by atoms with Crippen molar-refractivity contribution in [2.45, 2.75) is 38.3 Å². The summed E-state index contributed by atoms with van der Waals surface area (Å²) in [5, 5.41) is 0. The van der Waals surface area contributed by atoms with Crippen LogP contribution < -0.4 is 0 Å². The molecule has 2 aromatic rings. The third-order valence-corrected chi connectivity index (χ3v) is 5.51. The average molecular weight is 397 g/mol. The number of imide groups is 1. The Kier molecular flexibility index (Phi) is 5.04. The van der Waals surface area contributed by atoms with E-state index in [1.54, 1.807) is 18.1 Å². The molecule has 1 saturated heterocycles. The summed E-state index contributed by atoms with van der Waals surface area (Å²) in [5.41, 5.74) is 1.88. The van der Waals surface area contributed by atoms with Crippen LogP contribution in [0.1, 0.15) is 29.3 Å². The highest BCUT2D eigenvalue weighted by atomic mass is 16.4. The van der Waals surface area contributed by atoms with Crippen LogP contribution in [0.25, 0.3) is 0 Å². The highest BCUT2D eigenvalue weighted by Crippen LogP contribution is 2.23. The van der Waals surface area contributed by atoms with Crippen LogP contribution in [0, 0.1) is 0 Å². The zero-order valence-electron chi connectivity index (χ0n) is 16.5.